The smallest absolute Gasteiger partial charge is 0.410 e. The molecule has 2 aliphatic heterocycles. The quantitative estimate of drug-likeness (QED) is 0.867. The minimum Gasteiger partial charge on any atom is -0.465 e. The molecular weight excluding hydrogens is 362 g/mol. The Morgan fingerprint density at radius 2 is 1.71 bits per heavy atom. The Kier molecular flexibility index (Phi) is 5.05. The molecule has 148 valence electrons. The van der Waals surface area contributed by atoms with E-state index in [2.05, 4.69) is 10.00 Å². The number of carboxylic acid groups (broad SMARTS) is 1. The predicted molar refractivity (Wildman–Crippen MR) is 101 cm³/mol. The number of carbonyl (C=O) groups is 2. The van der Waals surface area contributed by atoms with Crippen molar-refractivity contribution in [3.05, 3.63) is 47.7 Å². The molecule has 0 atom stereocenters. The molecule has 1 N–H and O–H groups in total. The highest BCUT2D eigenvalue weighted by atomic mass is 16.6. The number of anilines is 1. The second-order valence-corrected chi connectivity index (χ2v) is 6.94. The molecule has 0 spiro atoms. The van der Waals surface area contributed by atoms with Gasteiger partial charge in [-0.1, -0.05) is 30.3 Å². The summed E-state index contributed by atoms with van der Waals surface area (Å²) >= 11 is 0. The molecule has 1 aromatic heterocycles. The van der Waals surface area contributed by atoms with Gasteiger partial charge in [-0.2, -0.15) is 5.10 Å². The zero-order chi connectivity index (χ0) is 19.5. The number of benzene rings is 1. The van der Waals surface area contributed by atoms with Crippen LogP contribution >= 0.6 is 0 Å². The lowest BCUT2D eigenvalue weighted by atomic mass is 10.2. The van der Waals surface area contributed by atoms with Gasteiger partial charge in [0.15, 0.2) is 5.82 Å². The van der Waals surface area contributed by atoms with Crippen molar-refractivity contribution in [1.82, 2.24) is 19.6 Å². The highest BCUT2D eigenvalue weighted by molar-refractivity contribution is 5.68. The van der Waals surface area contributed by atoms with E-state index in [9.17, 15) is 9.59 Å². The van der Waals surface area contributed by atoms with Crippen molar-refractivity contribution in [1.29, 1.82) is 0 Å². The first kappa shape index (κ1) is 18.1. The van der Waals surface area contributed by atoms with Crippen molar-refractivity contribution in [3.63, 3.8) is 0 Å². The Labute approximate surface area is 162 Å². The molecule has 0 unspecified atom stereocenters. The van der Waals surface area contributed by atoms with Crippen LogP contribution < -0.4 is 4.90 Å². The molecule has 0 radical (unpaired) electrons. The molecule has 0 bridgehead atoms. The molecule has 2 aliphatic rings. The molecule has 3 heterocycles. The number of hydrogen-bond acceptors (Lipinski definition) is 5. The fourth-order valence-corrected chi connectivity index (χ4v) is 3.50. The highest BCUT2D eigenvalue weighted by Crippen LogP contribution is 2.21. The van der Waals surface area contributed by atoms with E-state index in [1.807, 2.05) is 41.1 Å². The number of aromatic nitrogens is 2. The zero-order valence-electron chi connectivity index (χ0n) is 15.5. The van der Waals surface area contributed by atoms with Gasteiger partial charge in [-0.25, -0.2) is 9.59 Å². The van der Waals surface area contributed by atoms with Gasteiger partial charge in [0.2, 0.25) is 0 Å². The highest BCUT2D eigenvalue weighted by Gasteiger charge is 2.26. The van der Waals surface area contributed by atoms with Gasteiger partial charge in [0, 0.05) is 38.8 Å². The van der Waals surface area contributed by atoms with E-state index in [0.717, 1.165) is 17.1 Å². The fourth-order valence-electron chi connectivity index (χ4n) is 3.50. The normalized spacial score (nSPS) is 16.6. The van der Waals surface area contributed by atoms with Crippen molar-refractivity contribution >= 4 is 18.0 Å². The largest absolute Gasteiger partial charge is 0.465 e. The molecule has 28 heavy (non-hydrogen) atoms. The third-order valence-electron chi connectivity index (χ3n) is 5.12. The van der Waals surface area contributed by atoms with Crippen molar-refractivity contribution in [2.45, 2.75) is 19.7 Å². The van der Waals surface area contributed by atoms with Gasteiger partial charge in [0.25, 0.3) is 0 Å². The lowest BCUT2D eigenvalue weighted by Crippen LogP contribution is -2.49. The SMILES string of the molecule is O=C(O)N1CCn2nc(N3CCN(C(=O)OCc4ccccc4)CC3)cc2C1. The summed E-state index contributed by atoms with van der Waals surface area (Å²) in [5.74, 6) is 0.833. The molecule has 9 heteroatoms. The summed E-state index contributed by atoms with van der Waals surface area (Å²) in [6, 6.07) is 11.6. The number of amides is 2. The van der Waals surface area contributed by atoms with Crippen LogP contribution in [0.5, 0.6) is 0 Å². The Hall–Kier alpha value is -3.23. The predicted octanol–water partition coefficient (Wildman–Crippen LogP) is 1.84. The molecule has 2 amide bonds. The maximum absolute atomic E-state index is 12.3. The first-order valence-corrected chi connectivity index (χ1v) is 9.35. The number of piperazine rings is 1. The zero-order valence-corrected chi connectivity index (χ0v) is 15.5. The van der Waals surface area contributed by atoms with Crippen LogP contribution in [0.25, 0.3) is 0 Å². The Morgan fingerprint density at radius 1 is 1.00 bits per heavy atom. The average Bonchev–Trinajstić information content (AvgIpc) is 3.16. The van der Waals surface area contributed by atoms with Gasteiger partial charge >= 0.3 is 12.2 Å². The van der Waals surface area contributed by atoms with E-state index in [4.69, 9.17) is 9.84 Å². The van der Waals surface area contributed by atoms with Gasteiger partial charge in [0.1, 0.15) is 6.61 Å². The van der Waals surface area contributed by atoms with E-state index in [0.29, 0.717) is 45.8 Å². The van der Waals surface area contributed by atoms with E-state index >= 15 is 0 Å². The Balaban J connectivity index is 1.30. The minimum atomic E-state index is -0.906. The van der Waals surface area contributed by atoms with Crippen LogP contribution in [0.15, 0.2) is 36.4 Å². The van der Waals surface area contributed by atoms with E-state index < -0.39 is 6.09 Å². The van der Waals surface area contributed by atoms with Gasteiger partial charge in [-0.3, -0.25) is 4.68 Å². The summed E-state index contributed by atoms with van der Waals surface area (Å²) in [5, 5.41) is 13.8. The molecule has 1 aromatic carbocycles. The van der Waals surface area contributed by atoms with Crippen LogP contribution in [0.1, 0.15) is 11.3 Å². The van der Waals surface area contributed by atoms with Crippen LogP contribution in [-0.2, 0) is 24.4 Å². The van der Waals surface area contributed by atoms with Crippen molar-refractivity contribution in [3.8, 4) is 0 Å². The van der Waals surface area contributed by atoms with Gasteiger partial charge in [-0.05, 0) is 5.56 Å². The monoisotopic (exact) mass is 385 g/mol. The topological polar surface area (TPSA) is 91.1 Å². The van der Waals surface area contributed by atoms with Gasteiger partial charge in [-0.15, -0.1) is 0 Å². The molecule has 0 aliphatic carbocycles. The van der Waals surface area contributed by atoms with Crippen LogP contribution in [0, 0.1) is 0 Å². The minimum absolute atomic E-state index is 0.272. The average molecular weight is 385 g/mol. The lowest BCUT2D eigenvalue weighted by molar-refractivity contribution is 0.0941. The first-order valence-electron chi connectivity index (χ1n) is 9.35. The first-order chi connectivity index (χ1) is 13.6. The van der Waals surface area contributed by atoms with Gasteiger partial charge < -0.3 is 24.5 Å². The number of carbonyl (C=O) groups excluding carboxylic acids is 1. The molecule has 0 saturated carbocycles. The lowest BCUT2D eigenvalue weighted by Gasteiger charge is -2.34. The summed E-state index contributed by atoms with van der Waals surface area (Å²) in [4.78, 5) is 28.7. The molecule has 9 nitrogen and oxygen atoms in total. The second kappa shape index (κ2) is 7.79. The van der Waals surface area contributed by atoms with Gasteiger partial charge in [0.05, 0.1) is 18.8 Å². The standard InChI is InChI=1S/C19H23N5O4/c25-18(26)23-10-11-24-16(13-23)12-17(20-24)21-6-8-22(9-7-21)19(27)28-14-15-4-2-1-3-5-15/h1-5,12H,6-11,13-14H2,(H,25,26). The van der Waals surface area contributed by atoms with Crippen molar-refractivity contribution in [2.75, 3.05) is 37.6 Å². The fraction of sp³-hybridized carbons (Fsp3) is 0.421. The molecule has 1 saturated heterocycles. The van der Waals surface area contributed by atoms with Crippen LogP contribution in [0.3, 0.4) is 0 Å². The number of nitrogens with zero attached hydrogens (tertiary/aromatic N) is 5. The van der Waals surface area contributed by atoms with Crippen LogP contribution in [-0.4, -0.2) is 69.6 Å². The third kappa shape index (κ3) is 3.88. The Bertz CT molecular complexity index is 845. The summed E-state index contributed by atoms with van der Waals surface area (Å²) < 4.78 is 7.27. The third-order valence-corrected chi connectivity index (χ3v) is 5.12. The maximum atomic E-state index is 12.3. The van der Waals surface area contributed by atoms with Crippen LogP contribution in [0.4, 0.5) is 15.4 Å². The number of hydrogen-bond donors (Lipinski definition) is 1. The molecule has 4 rings (SSSR count). The summed E-state index contributed by atoms with van der Waals surface area (Å²) in [6.45, 7) is 4.10. The van der Waals surface area contributed by atoms with E-state index in [1.165, 1.54) is 4.90 Å². The maximum Gasteiger partial charge on any atom is 0.410 e. The van der Waals surface area contributed by atoms with E-state index in [-0.39, 0.29) is 12.7 Å². The molecular formula is C19H23N5O4. The Morgan fingerprint density at radius 3 is 2.43 bits per heavy atom. The summed E-state index contributed by atoms with van der Waals surface area (Å²) in [6.07, 6.45) is -1.21. The van der Waals surface area contributed by atoms with E-state index in [1.54, 1.807) is 4.90 Å². The van der Waals surface area contributed by atoms with Crippen molar-refractivity contribution < 1.29 is 19.4 Å². The second-order valence-electron chi connectivity index (χ2n) is 6.94. The van der Waals surface area contributed by atoms with Crippen LogP contribution in [0.2, 0.25) is 0 Å². The number of ether oxygens (including phenoxy) is 1. The molecule has 1 fully saturated rings. The number of fused-ring (bicyclic) bond motifs is 1. The molecule has 2 aromatic rings. The summed E-state index contributed by atoms with van der Waals surface area (Å²) in [7, 11) is 0. The summed E-state index contributed by atoms with van der Waals surface area (Å²) in [5.41, 5.74) is 1.86. The van der Waals surface area contributed by atoms with Crippen molar-refractivity contribution in [2.24, 2.45) is 0 Å². The number of rotatable bonds is 3.